The first-order chi connectivity index (χ1) is 25.0. The summed E-state index contributed by atoms with van der Waals surface area (Å²) in [6, 6.07) is 54.5. The molecule has 0 atom stereocenters. The normalized spacial score (nSPS) is 12.1. The summed E-state index contributed by atoms with van der Waals surface area (Å²) in [7, 11) is 0. The van der Waals surface area contributed by atoms with Crippen LogP contribution >= 0.6 is 24.8 Å². The number of benzene rings is 6. The van der Waals surface area contributed by atoms with Gasteiger partial charge < -0.3 is 0 Å². The van der Waals surface area contributed by atoms with Crippen LogP contribution in [0.1, 0.15) is 70.2 Å². The number of hydrogen-bond donors (Lipinski definition) is 0. The van der Waals surface area contributed by atoms with Crippen molar-refractivity contribution in [3.63, 3.8) is 0 Å². The van der Waals surface area contributed by atoms with E-state index in [1.165, 1.54) is 66.0 Å². The monoisotopic (exact) mass is 838 g/mol. The van der Waals surface area contributed by atoms with E-state index in [1.807, 2.05) is 12.2 Å². The van der Waals surface area contributed by atoms with Crippen molar-refractivity contribution in [1.29, 1.82) is 0 Å². The summed E-state index contributed by atoms with van der Waals surface area (Å²) in [5.74, 6) is 0. The second-order valence-electron chi connectivity index (χ2n) is 15.5. The average Bonchev–Trinajstić information content (AvgIpc) is 3.86. The molecule has 0 spiro atoms. The van der Waals surface area contributed by atoms with E-state index in [1.54, 1.807) is 23.3 Å². The Labute approximate surface area is 352 Å². The van der Waals surface area contributed by atoms with Crippen LogP contribution < -0.4 is 10.4 Å². The van der Waals surface area contributed by atoms with E-state index in [0.29, 0.717) is 0 Å². The molecule has 0 amide bonds. The van der Waals surface area contributed by atoms with Crippen molar-refractivity contribution < 1.29 is 23.3 Å². The van der Waals surface area contributed by atoms with Crippen molar-refractivity contribution in [3.05, 3.63) is 192 Å². The van der Waals surface area contributed by atoms with Gasteiger partial charge in [0.15, 0.2) is 0 Å². The Morgan fingerprint density at radius 3 is 1.48 bits per heavy atom. The van der Waals surface area contributed by atoms with Crippen LogP contribution in [-0.4, -0.2) is 5.43 Å². The zero-order valence-electron chi connectivity index (χ0n) is 32.2. The van der Waals surface area contributed by atoms with Gasteiger partial charge in [0.2, 0.25) is 0 Å². The van der Waals surface area contributed by atoms with Crippen molar-refractivity contribution in [3.8, 4) is 33.4 Å². The van der Waals surface area contributed by atoms with Gasteiger partial charge in [-0.1, -0.05) is 131 Å². The standard InChI is InChI=1S/C33H33.C12H10Si.C5H5.2ClH.Zr/c1-32(2,3)30-20-26-24(18-28(30)22-13-9-7-10-14-22)17-25-19-29(23-15-11-8-12-16-23)31(21-27(25)26)33(4,5)6;1-3-7-11(8-4-1)13-12-9-5-2-6-10-12;1-2-4-5-3-1;;;/h7-16,18,20-21H,17H2,1-6H3;1-10H;1-3H,4H2;2*1H;/q-1;;-1;;;+2. The molecule has 0 aliphatic heterocycles. The topological polar surface area (TPSA) is 0 Å². The van der Waals surface area contributed by atoms with Crippen LogP contribution in [-0.2, 0) is 40.6 Å². The summed E-state index contributed by atoms with van der Waals surface area (Å²) in [6.07, 6.45) is 10.9. The molecule has 272 valence electrons. The van der Waals surface area contributed by atoms with E-state index >= 15 is 0 Å². The van der Waals surface area contributed by atoms with Gasteiger partial charge in [0.05, 0.1) is 0 Å². The molecule has 0 bridgehead atoms. The first kappa shape index (κ1) is 43.2. The van der Waals surface area contributed by atoms with Crippen LogP contribution in [0.4, 0.5) is 0 Å². The van der Waals surface area contributed by atoms with Crippen LogP contribution in [0.3, 0.4) is 0 Å². The van der Waals surface area contributed by atoms with Crippen molar-refractivity contribution in [1.82, 2.24) is 0 Å². The maximum absolute atomic E-state index is 3.88. The van der Waals surface area contributed by atoms with Gasteiger partial charge in [0.25, 0.3) is 0 Å². The molecule has 2 aliphatic rings. The first-order valence-corrected chi connectivity index (χ1v) is 23.5. The Morgan fingerprint density at radius 1 is 0.556 bits per heavy atom. The molecule has 0 heterocycles. The zero-order valence-corrected chi connectivity index (χ0v) is 37.3. The Balaban J connectivity index is 0.000000255. The third-order valence-corrected chi connectivity index (χ3v) is 15.6. The molecule has 0 unspecified atom stereocenters. The van der Waals surface area contributed by atoms with Gasteiger partial charge in [0.1, 0.15) is 0 Å². The number of fused-ring (bicyclic) bond motifs is 3. The number of hydrogen-bond acceptors (Lipinski definition) is 0. The second kappa shape index (κ2) is 19.4. The van der Waals surface area contributed by atoms with Gasteiger partial charge in [-0.05, 0) is 39.5 Å². The Kier molecular flexibility index (Phi) is 15.5. The van der Waals surface area contributed by atoms with Crippen LogP contribution in [0.25, 0.3) is 33.4 Å². The third kappa shape index (κ3) is 10.6. The molecule has 2 aliphatic carbocycles. The quantitative estimate of drug-likeness (QED) is 0.122. The zero-order chi connectivity index (χ0) is 36.7. The molecule has 4 heteroatoms. The van der Waals surface area contributed by atoms with Gasteiger partial charge in [0, 0.05) is 0 Å². The molecule has 8 rings (SSSR count). The molecule has 6 aromatic rings. The summed E-state index contributed by atoms with van der Waals surface area (Å²) in [6.45, 7) is 13.9. The van der Waals surface area contributed by atoms with Gasteiger partial charge in [-0.2, -0.15) is 6.08 Å². The van der Waals surface area contributed by atoms with E-state index in [4.69, 9.17) is 0 Å². The number of halogens is 2. The van der Waals surface area contributed by atoms with Crippen LogP contribution in [0.5, 0.6) is 0 Å². The first-order valence-electron chi connectivity index (χ1n) is 18.3. The molecule has 0 aromatic heterocycles. The Morgan fingerprint density at radius 2 is 1.04 bits per heavy atom. The van der Waals surface area contributed by atoms with Crippen LogP contribution in [0, 0.1) is 12.1 Å². The molecule has 0 fully saturated rings. The summed E-state index contributed by atoms with van der Waals surface area (Å²) in [5.41, 5.74) is 13.0. The predicted molar refractivity (Wildman–Crippen MR) is 236 cm³/mol. The van der Waals surface area contributed by atoms with Gasteiger partial charge in [-0.3, -0.25) is 6.08 Å². The SMILES string of the molecule is CC(C)(C)c1cc2c([c-]c1-c1ccccc1)Cc1cc(-c3ccccc3)c(C(C)(C)C)cc1-2.Cl.Cl.[C-]1=CC=CC1.[Zr+2]=[Si](c1ccccc1)c1ccccc1. The summed E-state index contributed by atoms with van der Waals surface area (Å²) >= 11 is 1.64. The van der Waals surface area contributed by atoms with Crippen molar-refractivity contribution in [2.45, 2.75) is 65.2 Å². The van der Waals surface area contributed by atoms with E-state index in [0.717, 1.165) is 12.8 Å². The summed E-state index contributed by atoms with van der Waals surface area (Å²) < 4.78 is 0. The molecule has 0 saturated carbocycles. The van der Waals surface area contributed by atoms with E-state index in [9.17, 15) is 0 Å². The molecule has 0 saturated heterocycles. The fourth-order valence-corrected chi connectivity index (χ4v) is 10.7. The molecular weight excluding hydrogens is 791 g/mol. The van der Waals surface area contributed by atoms with E-state index in [-0.39, 0.29) is 35.6 Å². The molecule has 0 radical (unpaired) electrons. The fourth-order valence-electron chi connectivity index (χ4n) is 6.82. The maximum atomic E-state index is 3.88. The number of allylic oxidation sites excluding steroid dienone is 4. The fraction of sp³-hybridized carbons (Fsp3) is 0.200. The number of rotatable bonds is 4. The van der Waals surface area contributed by atoms with Gasteiger partial charge >= 0.3 is 99.8 Å². The minimum atomic E-state index is -0.455. The molecular formula is C50H50Cl2SiZr. The third-order valence-electron chi connectivity index (χ3n) is 9.53. The Hall–Kier alpha value is -3.52. The van der Waals surface area contributed by atoms with E-state index in [2.05, 4.69) is 199 Å². The van der Waals surface area contributed by atoms with Crippen LogP contribution in [0.15, 0.2) is 158 Å². The van der Waals surface area contributed by atoms with Crippen molar-refractivity contribution in [2.75, 3.05) is 0 Å². The Bertz CT molecular complexity index is 2040. The van der Waals surface area contributed by atoms with Crippen molar-refractivity contribution in [2.24, 2.45) is 0 Å². The van der Waals surface area contributed by atoms with Gasteiger partial charge in [-0.25, -0.2) is 12.2 Å². The average molecular weight is 841 g/mol. The second-order valence-corrected chi connectivity index (χ2v) is 21.1. The molecule has 0 N–H and O–H groups in total. The van der Waals surface area contributed by atoms with Gasteiger partial charge in [-0.15, -0.1) is 60.1 Å². The molecule has 6 aromatic carbocycles. The van der Waals surface area contributed by atoms with Crippen LogP contribution in [0.2, 0.25) is 0 Å². The minimum absolute atomic E-state index is 0. The summed E-state index contributed by atoms with van der Waals surface area (Å²) in [4.78, 5) is 0. The molecule has 54 heavy (non-hydrogen) atoms. The van der Waals surface area contributed by atoms with Crippen molar-refractivity contribution >= 4 is 40.6 Å². The summed E-state index contributed by atoms with van der Waals surface area (Å²) in [5, 5.41) is 3.03. The predicted octanol–water partition coefficient (Wildman–Crippen LogP) is 12.5. The van der Waals surface area contributed by atoms with E-state index < -0.39 is 5.43 Å². The molecule has 0 nitrogen and oxygen atoms in total.